The van der Waals surface area contributed by atoms with Crippen molar-refractivity contribution in [2.75, 3.05) is 46.8 Å². The zero-order valence-corrected chi connectivity index (χ0v) is 16.4. The normalized spacial score (nSPS) is 19.9. The first-order valence-corrected chi connectivity index (χ1v) is 9.75. The first-order chi connectivity index (χ1) is 11.1. The van der Waals surface area contributed by atoms with Crippen molar-refractivity contribution in [1.29, 1.82) is 0 Å². The largest absolute Gasteiger partial charge is 0.356 e. The van der Waals surface area contributed by atoms with E-state index in [0.29, 0.717) is 5.92 Å². The van der Waals surface area contributed by atoms with Crippen LogP contribution in [0.3, 0.4) is 0 Å². The summed E-state index contributed by atoms with van der Waals surface area (Å²) in [5.41, 5.74) is 0. The molecule has 4 nitrogen and oxygen atoms in total. The minimum absolute atomic E-state index is 0.237. The number of hydrogen-bond donors (Lipinski definition) is 1. The van der Waals surface area contributed by atoms with Gasteiger partial charge in [-0.1, -0.05) is 27.2 Å². The van der Waals surface area contributed by atoms with Crippen molar-refractivity contribution >= 4 is 5.91 Å². The Labute approximate surface area is 145 Å². The number of likely N-dealkylation sites (tertiary alicyclic amines) is 2. The number of carbonyl (C=O) groups excluding carboxylic acids is 1. The second kappa shape index (κ2) is 14.9. The third-order valence-electron chi connectivity index (χ3n) is 4.46. The van der Waals surface area contributed by atoms with Crippen LogP contribution in [0.2, 0.25) is 0 Å². The van der Waals surface area contributed by atoms with E-state index in [0.717, 1.165) is 32.5 Å². The van der Waals surface area contributed by atoms with Crippen LogP contribution in [0.4, 0.5) is 0 Å². The molecule has 0 radical (unpaired) electrons. The van der Waals surface area contributed by atoms with Crippen molar-refractivity contribution in [2.24, 2.45) is 5.92 Å². The van der Waals surface area contributed by atoms with Crippen molar-refractivity contribution in [2.45, 2.75) is 65.7 Å². The molecule has 2 heterocycles. The predicted octanol–water partition coefficient (Wildman–Crippen LogP) is 3.37. The molecule has 1 N–H and O–H groups in total. The van der Waals surface area contributed by atoms with Gasteiger partial charge in [-0.15, -0.1) is 0 Å². The van der Waals surface area contributed by atoms with Crippen LogP contribution in [0.15, 0.2) is 0 Å². The molecule has 0 bridgehead atoms. The summed E-state index contributed by atoms with van der Waals surface area (Å²) >= 11 is 0. The highest BCUT2D eigenvalue weighted by atomic mass is 16.1. The van der Waals surface area contributed by atoms with Crippen LogP contribution in [0.1, 0.15) is 65.7 Å². The van der Waals surface area contributed by atoms with Crippen LogP contribution < -0.4 is 5.32 Å². The van der Waals surface area contributed by atoms with Gasteiger partial charge in [0.15, 0.2) is 0 Å². The Balaban J connectivity index is 0.000000449. The second-order valence-corrected chi connectivity index (χ2v) is 6.66. The lowest BCUT2D eigenvalue weighted by molar-refractivity contribution is -0.122. The van der Waals surface area contributed by atoms with Gasteiger partial charge in [-0.25, -0.2) is 0 Å². The van der Waals surface area contributed by atoms with E-state index in [2.05, 4.69) is 36.1 Å². The van der Waals surface area contributed by atoms with Gasteiger partial charge in [-0.2, -0.15) is 0 Å². The lowest BCUT2D eigenvalue weighted by atomic mass is 9.93. The van der Waals surface area contributed by atoms with Crippen molar-refractivity contribution < 1.29 is 4.79 Å². The zero-order valence-electron chi connectivity index (χ0n) is 16.4. The van der Waals surface area contributed by atoms with Gasteiger partial charge in [0.1, 0.15) is 0 Å². The van der Waals surface area contributed by atoms with Gasteiger partial charge in [0.25, 0.3) is 0 Å². The molecule has 0 atom stereocenters. The third-order valence-corrected chi connectivity index (χ3v) is 4.46. The second-order valence-electron chi connectivity index (χ2n) is 6.66. The maximum Gasteiger partial charge on any atom is 0.220 e. The molecule has 2 fully saturated rings. The summed E-state index contributed by atoms with van der Waals surface area (Å²) in [5, 5.41) is 2.94. The van der Waals surface area contributed by atoms with E-state index in [1.54, 1.807) is 0 Å². The van der Waals surface area contributed by atoms with Gasteiger partial charge in [-0.05, 0) is 78.3 Å². The summed E-state index contributed by atoms with van der Waals surface area (Å²) in [6.07, 6.45) is 8.39. The molecule has 4 heteroatoms. The van der Waals surface area contributed by atoms with Crippen LogP contribution in [-0.4, -0.2) is 62.5 Å². The summed E-state index contributed by atoms with van der Waals surface area (Å²) in [7, 11) is 4.34. The fourth-order valence-electron chi connectivity index (χ4n) is 2.92. The summed E-state index contributed by atoms with van der Waals surface area (Å²) in [6.45, 7) is 11.8. The zero-order chi connectivity index (χ0) is 17.5. The molecule has 2 aliphatic heterocycles. The minimum atomic E-state index is 0.237. The Morgan fingerprint density at radius 2 is 1.48 bits per heavy atom. The molecule has 0 saturated carbocycles. The maximum atomic E-state index is 11.4. The Bertz CT molecular complexity index is 270. The summed E-state index contributed by atoms with van der Waals surface area (Å²) in [5.74, 6) is 0.851. The van der Waals surface area contributed by atoms with Crippen molar-refractivity contribution in [3.05, 3.63) is 0 Å². The van der Waals surface area contributed by atoms with E-state index >= 15 is 0 Å². The Morgan fingerprint density at radius 1 is 0.957 bits per heavy atom. The van der Waals surface area contributed by atoms with Crippen LogP contribution in [0.5, 0.6) is 0 Å². The third kappa shape index (κ3) is 12.5. The number of amides is 1. The molecule has 0 spiro atoms. The molecule has 0 aliphatic carbocycles. The number of nitrogens with zero attached hydrogens (tertiary/aromatic N) is 2. The number of nitrogens with one attached hydrogen (secondary N) is 1. The van der Waals surface area contributed by atoms with Gasteiger partial charge in [0, 0.05) is 13.0 Å². The van der Waals surface area contributed by atoms with Gasteiger partial charge >= 0.3 is 0 Å². The van der Waals surface area contributed by atoms with E-state index in [-0.39, 0.29) is 5.91 Å². The number of hydrogen-bond acceptors (Lipinski definition) is 3. The average Bonchev–Trinajstić information content (AvgIpc) is 2.58. The Morgan fingerprint density at radius 3 is 1.91 bits per heavy atom. The van der Waals surface area contributed by atoms with E-state index in [1.165, 1.54) is 45.2 Å². The molecule has 0 unspecified atom stereocenters. The Kier molecular flexibility index (Phi) is 14.6. The molecular weight excluding hydrogens is 286 g/mol. The van der Waals surface area contributed by atoms with Crippen molar-refractivity contribution in [1.82, 2.24) is 15.1 Å². The summed E-state index contributed by atoms with van der Waals surface area (Å²) < 4.78 is 0. The highest BCUT2D eigenvalue weighted by Crippen LogP contribution is 2.19. The van der Waals surface area contributed by atoms with Crippen LogP contribution in [0.25, 0.3) is 0 Å². The van der Waals surface area contributed by atoms with Crippen LogP contribution in [-0.2, 0) is 4.79 Å². The maximum absolute atomic E-state index is 11.4. The first-order valence-electron chi connectivity index (χ1n) is 9.75. The summed E-state index contributed by atoms with van der Waals surface area (Å²) in [4.78, 5) is 16.2. The molecule has 2 aliphatic rings. The molecule has 1 amide bonds. The van der Waals surface area contributed by atoms with E-state index in [9.17, 15) is 4.79 Å². The van der Waals surface area contributed by atoms with Gasteiger partial charge < -0.3 is 15.1 Å². The van der Waals surface area contributed by atoms with E-state index < -0.39 is 0 Å². The molecular formula is C19H41N3O. The standard InChI is InChI=1S/C11H22N2O.C6H13N.C2H6/c1-3-6-12-11(14)9-10-4-7-13(2)8-5-10;1-7-5-3-2-4-6-7;1-2/h10H,3-9H2,1-2H3,(H,12,14);2-6H2,1H3;1-2H3. The van der Waals surface area contributed by atoms with Crippen LogP contribution in [0, 0.1) is 5.92 Å². The average molecular weight is 328 g/mol. The summed E-state index contributed by atoms with van der Waals surface area (Å²) in [6, 6.07) is 0. The van der Waals surface area contributed by atoms with E-state index in [4.69, 9.17) is 0 Å². The quantitative estimate of drug-likeness (QED) is 0.860. The van der Waals surface area contributed by atoms with E-state index in [1.807, 2.05) is 13.8 Å². The SMILES string of the molecule is CC.CCCNC(=O)CC1CCN(C)CC1.CN1CCCCC1. The lowest BCUT2D eigenvalue weighted by Gasteiger charge is -2.28. The number of rotatable bonds is 4. The van der Waals surface area contributed by atoms with Crippen molar-refractivity contribution in [3.8, 4) is 0 Å². The minimum Gasteiger partial charge on any atom is -0.356 e. The number of piperidine rings is 2. The molecule has 2 saturated heterocycles. The lowest BCUT2D eigenvalue weighted by Crippen LogP contribution is -2.33. The van der Waals surface area contributed by atoms with Gasteiger partial charge in [0.2, 0.25) is 5.91 Å². The molecule has 2 rings (SSSR count). The Hall–Kier alpha value is -0.610. The fourth-order valence-corrected chi connectivity index (χ4v) is 2.92. The van der Waals surface area contributed by atoms with Crippen molar-refractivity contribution in [3.63, 3.8) is 0 Å². The fraction of sp³-hybridized carbons (Fsp3) is 0.947. The van der Waals surface area contributed by atoms with Gasteiger partial charge in [0.05, 0.1) is 0 Å². The predicted molar refractivity (Wildman–Crippen MR) is 101 cm³/mol. The first kappa shape index (κ1) is 22.4. The molecule has 138 valence electrons. The number of carbonyl (C=O) groups is 1. The highest BCUT2D eigenvalue weighted by Gasteiger charge is 2.18. The highest BCUT2D eigenvalue weighted by molar-refractivity contribution is 5.76. The molecule has 0 aromatic rings. The molecule has 0 aromatic heterocycles. The van der Waals surface area contributed by atoms with Crippen LogP contribution >= 0.6 is 0 Å². The monoisotopic (exact) mass is 327 g/mol. The smallest absolute Gasteiger partial charge is 0.220 e. The molecule has 23 heavy (non-hydrogen) atoms. The van der Waals surface area contributed by atoms with Gasteiger partial charge in [-0.3, -0.25) is 4.79 Å². The topological polar surface area (TPSA) is 35.6 Å². The molecule has 0 aromatic carbocycles.